The van der Waals surface area contributed by atoms with Gasteiger partial charge in [-0.3, -0.25) is 9.59 Å². The highest BCUT2D eigenvalue weighted by molar-refractivity contribution is 6.02. The van der Waals surface area contributed by atoms with Gasteiger partial charge in [0.25, 0.3) is 5.56 Å². The van der Waals surface area contributed by atoms with Crippen molar-refractivity contribution in [1.29, 1.82) is 0 Å². The smallest absolute Gasteiger partial charge is 0.259 e. The number of carbonyl (C=O) groups is 1. The van der Waals surface area contributed by atoms with Crippen LogP contribution in [0.5, 0.6) is 0 Å². The Morgan fingerprint density at radius 3 is 2.53 bits per heavy atom. The Bertz CT molecular complexity index is 1420. The summed E-state index contributed by atoms with van der Waals surface area (Å²) in [7, 11) is 0. The monoisotopic (exact) mass is 510 g/mol. The summed E-state index contributed by atoms with van der Waals surface area (Å²) in [6, 6.07) is 7.12. The number of rotatable bonds is 6. The lowest BCUT2D eigenvalue weighted by Crippen LogP contribution is -2.47. The molecule has 6 nitrogen and oxygen atoms in total. The summed E-state index contributed by atoms with van der Waals surface area (Å²) in [6.45, 7) is 0. The predicted octanol–water partition coefficient (Wildman–Crippen LogP) is 6.72. The second kappa shape index (κ2) is 9.33. The summed E-state index contributed by atoms with van der Waals surface area (Å²) in [4.78, 5) is 27.2. The van der Waals surface area contributed by atoms with E-state index < -0.39 is 6.04 Å². The topological polar surface area (TPSA) is 69.6 Å². The van der Waals surface area contributed by atoms with Crippen LogP contribution in [0, 0.1) is 23.2 Å². The first kappa shape index (κ1) is 23.6. The molecule has 38 heavy (non-hydrogen) atoms. The Balaban J connectivity index is 1.18. The van der Waals surface area contributed by atoms with Crippen molar-refractivity contribution in [3.63, 3.8) is 0 Å². The number of pyridine rings is 1. The molecule has 8 rings (SSSR count). The van der Waals surface area contributed by atoms with Gasteiger partial charge in [0.05, 0.1) is 0 Å². The average Bonchev–Trinajstić information content (AvgIpc) is 2.91. The molecule has 0 spiro atoms. The van der Waals surface area contributed by atoms with Crippen LogP contribution in [0.25, 0.3) is 10.8 Å². The third-order valence-corrected chi connectivity index (χ3v) is 9.41. The molecular formula is C32H34N2O4. The van der Waals surface area contributed by atoms with Gasteiger partial charge >= 0.3 is 0 Å². The van der Waals surface area contributed by atoms with E-state index in [0.717, 1.165) is 41.6 Å². The Morgan fingerprint density at radius 2 is 1.84 bits per heavy atom. The number of benzene rings is 1. The molecule has 0 radical (unpaired) electrons. The molecule has 2 heterocycles. The molecule has 4 fully saturated rings. The molecule has 4 saturated carbocycles. The fraction of sp³-hybridized carbons (Fsp3) is 0.438. The minimum atomic E-state index is -0.406. The van der Waals surface area contributed by atoms with E-state index in [1.807, 2.05) is 36.5 Å². The number of anilines is 1. The van der Waals surface area contributed by atoms with Crippen molar-refractivity contribution in [1.82, 2.24) is 4.57 Å². The van der Waals surface area contributed by atoms with Gasteiger partial charge < -0.3 is 19.4 Å². The molecule has 2 aromatic rings. The van der Waals surface area contributed by atoms with E-state index >= 15 is 0 Å². The van der Waals surface area contributed by atoms with Crippen LogP contribution in [0.4, 0.5) is 5.69 Å². The zero-order valence-electron chi connectivity index (χ0n) is 21.6. The number of fused-ring (bicyclic) bond motifs is 1. The molecule has 0 saturated heterocycles. The van der Waals surface area contributed by atoms with Gasteiger partial charge in [-0.15, -0.1) is 0 Å². The molecule has 4 bridgehead atoms. The van der Waals surface area contributed by atoms with E-state index in [0.29, 0.717) is 23.3 Å². The first-order valence-electron chi connectivity index (χ1n) is 14.0. The molecule has 1 amide bonds. The van der Waals surface area contributed by atoms with E-state index in [1.165, 1.54) is 51.0 Å². The average molecular weight is 511 g/mol. The van der Waals surface area contributed by atoms with Gasteiger partial charge in [-0.25, -0.2) is 0 Å². The molecular weight excluding hydrogens is 476 g/mol. The van der Waals surface area contributed by atoms with Crippen LogP contribution in [0.2, 0.25) is 0 Å². The van der Waals surface area contributed by atoms with Crippen molar-refractivity contribution in [2.75, 3.05) is 5.32 Å². The highest BCUT2D eigenvalue weighted by Crippen LogP contribution is 2.61. The number of carbonyl (C=O) groups excluding carboxylic acids is 1. The largest absolute Gasteiger partial charge is 0.466 e. The number of hydrogen-bond donors (Lipinski definition) is 1. The normalized spacial score (nSPS) is 29.8. The van der Waals surface area contributed by atoms with E-state index in [1.54, 1.807) is 10.8 Å². The fourth-order valence-electron chi connectivity index (χ4n) is 8.40. The van der Waals surface area contributed by atoms with E-state index in [2.05, 4.69) is 17.5 Å². The summed E-state index contributed by atoms with van der Waals surface area (Å²) in [5, 5.41) is 4.53. The summed E-state index contributed by atoms with van der Waals surface area (Å²) in [6.07, 6.45) is 22.6. The fourth-order valence-corrected chi connectivity index (χ4v) is 8.40. The summed E-state index contributed by atoms with van der Waals surface area (Å²) >= 11 is 0. The first-order valence-corrected chi connectivity index (χ1v) is 14.0. The summed E-state index contributed by atoms with van der Waals surface area (Å²) in [5.41, 5.74) is 1.84. The van der Waals surface area contributed by atoms with Crippen molar-refractivity contribution in [3.8, 4) is 0 Å². The lowest BCUT2D eigenvalue weighted by atomic mass is 9.49. The van der Waals surface area contributed by atoms with Gasteiger partial charge in [-0.2, -0.15) is 0 Å². The third-order valence-electron chi connectivity index (χ3n) is 9.41. The Kier molecular flexibility index (Phi) is 5.79. The molecule has 6 heteroatoms. The molecule has 1 atom stereocenters. The number of aromatic nitrogens is 1. The number of amides is 1. The first-order chi connectivity index (χ1) is 18.6. The van der Waals surface area contributed by atoms with Gasteiger partial charge in [0.2, 0.25) is 5.91 Å². The van der Waals surface area contributed by atoms with Crippen molar-refractivity contribution in [2.45, 2.75) is 63.8 Å². The lowest BCUT2D eigenvalue weighted by molar-refractivity contribution is -0.124. The number of hydrogen-bond acceptors (Lipinski definition) is 4. The second-order valence-electron chi connectivity index (χ2n) is 12.1. The number of nitrogens with zero attached hydrogens (tertiary/aromatic N) is 1. The van der Waals surface area contributed by atoms with Crippen LogP contribution in [0.1, 0.15) is 63.8 Å². The van der Waals surface area contributed by atoms with E-state index in [9.17, 15) is 9.59 Å². The van der Waals surface area contributed by atoms with Crippen LogP contribution in [0.3, 0.4) is 0 Å². The zero-order valence-corrected chi connectivity index (χ0v) is 21.6. The van der Waals surface area contributed by atoms with E-state index in [4.69, 9.17) is 9.47 Å². The molecule has 1 unspecified atom stereocenters. The molecule has 1 aromatic heterocycles. The lowest BCUT2D eigenvalue weighted by Gasteiger charge is -2.56. The number of allylic oxidation sites excluding steroid dienone is 4. The molecule has 1 aliphatic heterocycles. The van der Waals surface area contributed by atoms with Crippen molar-refractivity contribution in [2.24, 2.45) is 23.2 Å². The van der Waals surface area contributed by atoms with Gasteiger partial charge in [0.15, 0.2) is 5.76 Å². The third kappa shape index (κ3) is 4.20. The van der Waals surface area contributed by atoms with Gasteiger partial charge in [0.1, 0.15) is 24.8 Å². The summed E-state index contributed by atoms with van der Waals surface area (Å²) < 4.78 is 12.9. The molecule has 1 N–H and O–H groups in total. The maximum absolute atomic E-state index is 13.9. The Morgan fingerprint density at radius 1 is 1.05 bits per heavy atom. The van der Waals surface area contributed by atoms with Gasteiger partial charge in [-0.05, 0) is 98.3 Å². The summed E-state index contributed by atoms with van der Waals surface area (Å²) in [5.74, 6) is 3.09. The second-order valence-corrected chi connectivity index (χ2v) is 12.1. The van der Waals surface area contributed by atoms with Gasteiger partial charge in [0, 0.05) is 29.1 Å². The molecule has 196 valence electrons. The SMILES string of the molecule is O=C(CC12CC3CC(CC(C3)C1)C2)Nc1cccc2c(=O)n(C(C3=CC=CCC3)C3=COC=CO3)ccc12. The molecule has 6 aliphatic rings. The van der Waals surface area contributed by atoms with Gasteiger partial charge in [-0.1, -0.05) is 24.3 Å². The highest BCUT2D eigenvalue weighted by atomic mass is 16.5. The van der Waals surface area contributed by atoms with Crippen molar-refractivity contribution in [3.05, 3.63) is 89.2 Å². The number of nitrogens with one attached hydrogen (secondary N) is 1. The van der Waals surface area contributed by atoms with Crippen LogP contribution in [-0.2, 0) is 14.3 Å². The predicted molar refractivity (Wildman–Crippen MR) is 147 cm³/mol. The van der Waals surface area contributed by atoms with Crippen LogP contribution < -0.4 is 10.9 Å². The Hall–Kier alpha value is -3.54. The maximum atomic E-state index is 13.9. The maximum Gasteiger partial charge on any atom is 0.259 e. The minimum absolute atomic E-state index is 0.0744. The molecule has 1 aromatic carbocycles. The molecule has 5 aliphatic carbocycles. The van der Waals surface area contributed by atoms with Crippen LogP contribution in [0.15, 0.2) is 83.6 Å². The minimum Gasteiger partial charge on any atom is -0.466 e. The van der Waals surface area contributed by atoms with Crippen molar-refractivity contribution >= 4 is 22.4 Å². The van der Waals surface area contributed by atoms with Crippen LogP contribution in [-0.4, -0.2) is 10.5 Å². The van der Waals surface area contributed by atoms with Crippen LogP contribution >= 0.6 is 0 Å². The van der Waals surface area contributed by atoms with Crippen molar-refractivity contribution < 1.29 is 14.3 Å². The quantitative estimate of drug-likeness (QED) is 0.468. The van der Waals surface area contributed by atoms with E-state index in [-0.39, 0.29) is 16.9 Å². The standard InChI is InChI=1S/C32H34N2O4/c35-29(19-32-16-21-13-22(17-32)15-23(14-21)18-32)33-27-8-4-7-26-25(27)9-10-34(31(26)36)30(24-5-2-1-3-6-24)28-20-37-11-12-38-28/h1-2,4-5,7-12,20-23,30H,3,6,13-19H2,(H,33,35). The zero-order chi connectivity index (χ0) is 25.7. The Labute approximate surface area is 222 Å². The highest BCUT2D eigenvalue weighted by Gasteiger charge is 2.51. The number of ether oxygens (including phenoxy) is 2.